The van der Waals surface area contributed by atoms with Crippen molar-refractivity contribution in [2.45, 2.75) is 38.6 Å². The van der Waals surface area contributed by atoms with Gasteiger partial charge in [0.2, 0.25) is 5.91 Å². The summed E-state index contributed by atoms with van der Waals surface area (Å²) in [5.74, 6) is -1.37. The molecule has 2 fully saturated rings. The first-order valence-corrected chi connectivity index (χ1v) is 7.08. The molecule has 0 spiro atoms. The molecule has 1 saturated carbocycles. The highest BCUT2D eigenvalue weighted by Gasteiger charge is 2.43. The van der Waals surface area contributed by atoms with Crippen molar-refractivity contribution in [3.8, 4) is 0 Å². The predicted molar refractivity (Wildman–Crippen MR) is 69.6 cm³/mol. The minimum absolute atomic E-state index is 0.00338. The van der Waals surface area contributed by atoms with Crippen LogP contribution in [0.5, 0.6) is 0 Å². The van der Waals surface area contributed by atoms with Crippen molar-refractivity contribution in [3.63, 3.8) is 0 Å². The van der Waals surface area contributed by atoms with Gasteiger partial charge in [0, 0.05) is 26.3 Å². The van der Waals surface area contributed by atoms with Gasteiger partial charge in [-0.15, -0.1) is 0 Å². The van der Waals surface area contributed by atoms with E-state index in [0.717, 1.165) is 12.8 Å². The Balaban J connectivity index is 2.02. The standard InChI is InChI=1S/C14H23NO4/c1-9-7-11(12(8-9)14(17)18)13(16)15(2)10-3-5-19-6-4-10/h9-12H,3-8H2,1-2H3,(H,17,18). The number of rotatable bonds is 3. The van der Waals surface area contributed by atoms with Crippen LogP contribution in [0.3, 0.4) is 0 Å². The number of carboxylic acids is 1. The van der Waals surface area contributed by atoms with Crippen LogP contribution in [0, 0.1) is 17.8 Å². The van der Waals surface area contributed by atoms with E-state index in [2.05, 4.69) is 0 Å². The fourth-order valence-electron chi connectivity index (χ4n) is 3.35. The highest BCUT2D eigenvalue weighted by atomic mass is 16.5. The molecule has 1 amide bonds. The van der Waals surface area contributed by atoms with Crippen LogP contribution in [-0.2, 0) is 14.3 Å². The number of amides is 1. The first kappa shape index (κ1) is 14.3. The van der Waals surface area contributed by atoms with E-state index in [1.165, 1.54) is 0 Å². The summed E-state index contributed by atoms with van der Waals surface area (Å²) in [5, 5.41) is 9.25. The molecule has 1 heterocycles. The third kappa shape index (κ3) is 3.08. The van der Waals surface area contributed by atoms with Gasteiger partial charge in [0.25, 0.3) is 0 Å². The maximum absolute atomic E-state index is 12.5. The zero-order valence-electron chi connectivity index (χ0n) is 11.7. The summed E-state index contributed by atoms with van der Waals surface area (Å²) < 4.78 is 5.30. The van der Waals surface area contributed by atoms with Crippen molar-refractivity contribution in [1.82, 2.24) is 4.90 Å². The Morgan fingerprint density at radius 1 is 1.16 bits per heavy atom. The highest BCUT2D eigenvalue weighted by molar-refractivity contribution is 5.85. The molecular formula is C14H23NO4. The molecule has 3 atom stereocenters. The van der Waals surface area contributed by atoms with Crippen molar-refractivity contribution >= 4 is 11.9 Å². The number of carboxylic acid groups (broad SMARTS) is 1. The number of aliphatic carboxylic acids is 1. The second-order valence-electron chi connectivity index (χ2n) is 5.92. The molecule has 5 heteroatoms. The van der Waals surface area contributed by atoms with Crippen molar-refractivity contribution in [2.75, 3.05) is 20.3 Å². The van der Waals surface area contributed by atoms with Crippen molar-refractivity contribution in [1.29, 1.82) is 0 Å². The summed E-state index contributed by atoms with van der Waals surface area (Å²) in [6.07, 6.45) is 3.02. The van der Waals surface area contributed by atoms with Crippen LogP contribution < -0.4 is 0 Å². The Morgan fingerprint density at radius 3 is 2.32 bits per heavy atom. The van der Waals surface area contributed by atoms with E-state index >= 15 is 0 Å². The fourth-order valence-corrected chi connectivity index (χ4v) is 3.35. The second kappa shape index (κ2) is 5.90. The molecule has 108 valence electrons. The van der Waals surface area contributed by atoms with Gasteiger partial charge in [-0.25, -0.2) is 0 Å². The molecule has 0 radical (unpaired) electrons. The monoisotopic (exact) mass is 269 g/mol. The Labute approximate surface area is 113 Å². The van der Waals surface area contributed by atoms with E-state index in [9.17, 15) is 14.7 Å². The van der Waals surface area contributed by atoms with Gasteiger partial charge in [-0.2, -0.15) is 0 Å². The molecular weight excluding hydrogens is 246 g/mol. The van der Waals surface area contributed by atoms with Crippen LogP contribution in [-0.4, -0.2) is 48.2 Å². The molecule has 1 N–H and O–H groups in total. The molecule has 2 rings (SSSR count). The van der Waals surface area contributed by atoms with Crippen LogP contribution >= 0.6 is 0 Å². The summed E-state index contributed by atoms with van der Waals surface area (Å²) in [5.41, 5.74) is 0. The van der Waals surface area contributed by atoms with Gasteiger partial charge in [0.05, 0.1) is 11.8 Å². The summed E-state index contributed by atoms with van der Waals surface area (Å²) in [7, 11) is 1.81. The largest absolute Gasteiger partial charge is 0.481 e. The lowest BCUT2D eigenvalue weighted by atomic mass is 9.93. The summed E-state index contributed by atoms with van der Waals surface area (Å²) in [4.78, 5) is 25.6. The average molecular weight is 269 g/mol. The molecule has 1 aliphatic carbocycles. The molecule has 0 aromatic carbocycles. The van der Waals surface area contributed by atoms with Crippen LogP contribution in [0.2, 0.25) is 0 Å². The van der Waals surface area contributed by atoms with Crippen LogP contribution in [0.4, 0.5) is 0 Å². The molecule has 0 aromatic rings. The van der Waals surface area contributed by atoms with E-state index in [4.69, 9.17) is 4.74 Å². The molecule has 0 bridgehead atoms. The molecule has 0 aromatic heterocycles. The normalized spacial score (nSPS) is 32.2. The topological polar surface area (TPSA) is 66.8 Å². The minimum Gasteiger partial charge on any atom is -0.481 e. The van der Waals surface area contributed by atoms with Crippen LogP contribution in [0.25, 0.3) is 0 Å². The number of carbonyl (C=O) groups is 2. The summed E-state index contributed by atoms with van der Waals surface area (Å²) in [6.45, 7) is 3.40. The minimum atomic E-state index is -0.830. The van der Waals surface area contributed by atoms with E-state index in [1.807, 2.05) is 6.92 Å². The fraction of sp³-hybridized carbons (Fsp3) is 0.857. The number of hydrogen-bond acceptors (Lipinski definition) is 3. The number of nitrogens with zero attached hydrogens (tertiary/aromatic N) is 1. The van der Waals surface area contributed by atoms with Crippen molar-refractivity contribution in [3.05, 3.63) is 0 Å². The Kier molecular flexibility index (Phi) is 4.45. The van der Waals surface area contributed by atoms with Gasteiger partial charge < -0.3 is 14.7 Å². The highest BCUT2D eigenvalue weighted by Crippen LogP contribution is 2.38. The predicted octanol–water partition coefficient (Wildman–Crippen LogP) is 1.37. The number of ether oxygens (including phenoxy) is 1. The summed E-state index contributed by atoms with van der Waals surface area (Å²) in [6, 6.07) is 0.201. The molecule has 3 unspecified atom stereocenters. The van der Waals surface area contributed by atoms with E-state index in [-0.39, 0.29) is 17.9 Å². The Hall–Kier alpha value is -1.10. The third-order valence-electron chi connectivity index (χ3n) is 4.52. The maximum Gasteiger partial charge on any atom is 0.307 e. The number of hydrogen-bond donors (Lipinski definition) is 1. The first-order chi connectivity index (χ1) is 9.00. The quantitative estimate of drug-likeness (QED) is 0.840. The van der Waals surface area contributed by atoms with Gasteiger partial charge in [-0.1, -0.05) is 6.92 Å². The lowest BCUT2D eigenvalue weighted by Gasteiger charge is -2.33. The zero-order valence-corrected chi connectivity index (χ0v) is 11.7. The van der Waals surface area contributed by atoms with E-state index in [1.54, 1.807) is 11.9 Å². The molecule has 19 heavy (non-hydrogen) atoms. The van der Waals surface area contributed by atoms with Gasteiger partial charge in [-0.3, -0.25) is 9.59 Å². The lowest BCUT2D eigenvalue weighted by molar-refractivity contribution is -0.150. The Bertz CT molecular complexity index is 351. The van der Waals surface area contributed by atoms with Gasteiger partial charge >= 0.3 is 5.97 Å². The maximum atomic E-state index is 12.5. The Morgan fingerprint density at radius 2 is 1.74 bits per heavy atom. The SMILES string of the molecule is CC1CC(C(=O)O)C(C(=O)N(C)C2CCOCC2)C1. The molecule has 2 aliphatic rings. The average Bonchev–Trinajstić information content (AvgIpc) is 2.80. The van der Waals surface area contributed by atoms with Crippen LogP contribution in [0.1, 0.15) is 32.6 Å². The molecule has 5 nitrogen and oxygen atoms in total. The molecule has 1 saturated heterocycles. The lowest BCUT2D eigenvalue weighted by Crippen LogP contribution is -2.45. The van der Waals surface area contributed by atoms with E-state index < -0.39 is 11.9 Å². The smallest absolute Gasteiger partial charge is 0.307 e. The van der Waals surface area contributed by atoms with Crippen molar-refractivity contribution < 1.29 is 19.4 Å². The summed E-state index contributed by atoms with van der Waals surface area (Å²) >= 11 is 0. The second-order valence-corrected chi connectivity index (χ2v) is 5.92. The third-order valence-corrected chi connectivity index (χ3v) is 4.52. The zero-order chi connectivity index (χ0) is 14.0. The first-order valence-electron chi connectivity index (χ1n) is 7.08. The van der Waals surface area contributed by atoms with Crippen LogP contribution in [0.15, 0.2) is 0 Å². The molecule has 1 aliphatic heterocycles. The number of carbonyl (C=O) groups excluding carboxylic acids is 1. The van der Waals surface area contributed by atoms with Gasteiger partial charge in [0.1, 0.15) is 0 Å². The van der Waals surface area contributed by atoms with Gasteiger partial charge in [-0.05, 0) is 31.6 Å². The van der Waals surface area contributed by atoms with Gasteiger partial charge in [0.15, 0.2) is 0 Å². The van der Waals surface area contributed by atoms with E-state index in [0.29, 0.717) is 32.0 Å². The van der Waals surface area contributed by atoms with Crippen molar-refractivity contribution in [2.24, 2.45) is 17.8 Å².